The number of carbonyl (C=O) groups is 1. The molecule has 0 N–H and O–H groups in total. The zero-order chi connectivity index (χ0) is 10.2. The lowest BCUT2D eigenvalue weighted by atomic mass is 9.73. The molecule has 2 nitrogen and oxygen atoms in total. The van der Waals surface area contributed by atoms with E-state index in [4.69, 9.17) is 4.74 Å². The summed E-state index contributed by atoms with van der Waals surface area (Å²) < 4.78 is 5.20. The zero-order valence-electron chi connectivity index (χ0n) is 8.75. The molecule has 2 heteroatoms. The SMILES string of the molecule is COC1=C[C@@]2(CC=C1)C(=O)CC[C@H]2C. The smallest absolute Gasteiger partial charge is 0.143 e. The number of rotatable bonds is 1. The van der Waals surface area contributed by atoms with Crippen molar-refractivity contribution in [3.05, 3.63) is 24.0 Å². The van der Waals surface area contributed by atoms with Gasteiger partial charge in [0.05, 0.1) is 12.5 Å². The van der Waals surface area contributed by atoms with Crippen LogP contribution in [0.15, 0.2) is 24.0 Å². The second-order valence-electron chi connectivity index (χ2n) is 4.26. The maximum atomic E-state index is 11.9. The highest BCUT2D eigenvalue weighted by atomic mass is 16.5. The van der Waals surface area contributed by atoms with Crippen LogP contribution in [-0.4, -0.2) is 12.9 Å². The van der Waals surface area contributed by atoms with Crippen molar-refractivity contribution in [3.8, 4) is 0 Å². The van der Waals surface area contributed by atoms with Gasteiger partial charge in [0.15, 0.2) is 0 Å². The summed E-state index contributed by atoms with van der Waals surface area (Å²) >= 11 is 0. The molecule has 2 aliphatic rings. The van der Waals surface area contributed by atoms with Gasteiger partial charge in [-0.05, 0) is 30.9 Å². The molecule has 76 valence electrons. The molecule has 0 aromatic heterocycles. The molecule has 1 fully saturated rings. The van der Waals surface area contributed by atoms with Crippen molar-refractivity contribution in [1.82, 2.24) is 0 Å². The fraction of sp³-hybridized carbons (Fsp3) is 0.583. The van der Waals surface area contributed by atoms with Crippen molar-refractivity contribution in [2.75, 3.05) is 7.11 Å². The first kappa shape index (κ1) is 9.50. The molecule has 1 saturated carbocycles. The Hall–Kier alpha value is -1.05. The first-order valence-corrected chi connectivity index (χ1v) is 5.16. The number of carbonyl (C=O) groups excluding carboxylic acids is 1. The third-order valence-electron chi connectivity index (χ3n) is 3.58. The van der Waals surface area contributed by atoms with E-state index in [0.29, 0.717) is 11.7 Å². The summed E-state index contributed by atoms with van der Waals surface area (Å²) in [5, 5.41) is 0. The van der Waals surface area contributed by atoms with Crippen LogP contribution in [0, 0.1) is 11.3 Å². The Morgan fingerprint density at radius 1 is 1.57 bits per heavy atom. The minimum Gasteiger partial charge on any atom is -0.497 e. The van der Waals surface area contributed by atoms with Gasteiger partial charge in [0, 0.05) is 6.42 Å². The zero-order valence-corrected chi connectivity index (χ0v) is 8.75. The predicted octanol–water partition coefficient (Wildman–Crippen LogP) is 2.46. The Bertz CT molecular complexity index is 314. The van der Waals surface area contributed by atoms with Crippen LogP contribution in [0.25, 0.3) is 0 Å². The number of methoxy groups -OCH3 is 1. The Kier molecular flexibility index (Phi) is 2.22. The van der Waals surface area contributed by atoms with E-state index in [1.54, 1.807) is 7.11 Å². The highest BCUT2D eigenvalue weighted by Crippen LogP contribution is 2.46. The van der Waals surface area contributed by atoms with Crippen LogP contribution in [0.1, 0.15) is 26.2 Å². The summed E-state index contributed by atoms with van der Waals surface area (Å²) in [6, 6.07) is 0. The van der Waals surface area contributed by atoms with Crippen molar-refractivity contribution < 1.29 is 9.53 Å². The van der Waals surface area contributed by atoms with Crippen molar-refractivity contribution in [2.45, 2.75) is 26.2 Å². The number of ether oxygens (including phenoxy) is 1. The molecule has 0 aromatic carbocycles. The van der Waals surface area contributed by atoms with Crippen LogP contribution >= 0.6 is 0 Å². The maximum Gasteiger partial charge on any atom is 0.143 e. The van der Waals surface area contributed by atoms with Gasteiger partial charge in [0.2, 0.25) is 0 Å². The lowest BCUT2D eigenvalue weighted by Gasteiger charge is -2.30. The molecule has 2 aliphatic carbocycles. The molecule has 2 rings (SSSR count). The Balaban J connectivity index is 2.36. The normalized spacial score (nSPS) is 36.3. The van der Waals surface area contributed by atoms with E-state index in [9.17, 15) is 4.79 Å². The molecule has 14 heavy (non-hydrogen) atoms. The number of hydrogen-bond acceptors (Lipinski definition) is 2. The van der Waals surface area contributed by atoms with Crippen molar-refractivity contribution in [1.29, 1.82) is 0 Å². The second kappa shape index (κ2) is 3.26. The van der Waals surface area contributed by atoms with E-state index in [0.717, 1.165) is 25.0 Å². The second-order valence-corrected chi connectivity index (χ2v) is 4.26. The molecule has 0 amide bonds. The number of ketones is 1. The van der Waals surface area contributed by atoms with Gasteiger partial charge in [-0.25, -0.2) is 0 Å². The molecular formula is C12H16O2. The van der Waals surface area contributed by atoms with Crippen molar-refractivity contribution >= 4 is 5.78 Å². The average Bonchev–Trinajstić information content (AvgIpc) is 2.47. The standard InChI is InChI=1S/C12H16O2/c1-9-5-6-11(13)12(9)7-3-4-10(8-12)14-2/h3-4,8-9H,5-7H2,1-2H3/t9-,12-/m1/s1. The van der Waals surface area contributed by atoms with E-state index in [-0.39, 0.29) is 5.41 Å². The first-order valence-electron chi connectivity index (χ1n) is 5.16. The largest absolute Gasteiger partial charge is 0.497 e. The number of allylic oxidation sites excluding steroid dienone is 3. The van der Waals surface area contributed by atoms with E-state index in [1.807, 2.05) is 12.2 Å². The summed E-state index contributed by atoms with van der Waals surface area (Å²) in [5.74, 6) is 1.66. The van der Waals surface area contributed by atoms with Gasteiger partial charge in [0.1, 0.15) is 11.5 Å². The van der Waals surface area contributed by atoms with Gasteiger partial charge >= 0.3 is 0 Å². The van der Waals surface area contributed by atoms with E-state index < -0.39 is 0 Å². The first-order chi connectivity index (χ1) is 6.69. The third kappa shape index (κ3) is 1.21. The van der Waals surface area contributed by atoms with Crippen molar-refractivity contribution in [2.24, 2.45) is 11.3 Å². The van der Waals surface area contributed by atoms with Crippen LogP contribution in [0.5, 0.6) is 0 Å². The van der Waals surface area contributed by atoms with Crippen LogP contribution < -0.4 is 0 Å². The van der Waals surface area contributed by atoms with Crippen LogP contribution in [0.2, 0.25) is 0 Å². The van der Waals surface area contributed by atoms with Crippen LogP contribution in [0.3, 0.4) is 0 Å². The monoisotopic (exact) mass is 192 g/mol. The quantitative estimate of drug-likeness (QED) is 0.638. The van der Waals surface area contributed by atoms with Gasteiger partial charge in [-0.2, -0.15) is 0 Å². The van der Waals surface area contributed by atoms with Crippen molar-refractivity contribution in [3.63, 3.8) is 0 Å². The summed E-state index contributed by atoms with van der Waals surface area (Å²) in [5.41, 5.74) is -0.250. The fourth-order valence-electron chi connectivity index (χ4n) is 2.51. The molecule has 0 aliphatic heterocycles. The maximum absolute atomic E-state index is 11.9. The molecule has 0 bridgehead atoms. The average molecular weight is 192 g/mol. The minimum atomic E-state index is -0.250. The summed E-state index contributed by atoms with van der Waals surface area (Å²) in [6.45, 7) is 2.16. The molecule has 1 spiro atoms. The summed E-state index contributed by atoms with van der Waals surface area (Å²) in [7, 11) is 1.65. The fourth-order valence-corrected chi connectivity index (χ4v) is 2.51. The lowest BCUT2D eigenvalue weighted by molar-refractivity contribution is -0.124. The van der Waals surface area contributed by atoms with E-state index >= 15 is 0 Å². The molecule has 0 saturated heterocycles. The molecule has 0 radical (unpaired) electrons. The third-order valence-corrected chi connectivity index (χ3v) is 3.58. The number of Topliss-reactive ketones (excluding diaryl/α,β-unsaturated/α-hetero) is 1. The highest BCUT2D eigenvalue weighted by Gasteiger charge is 2.46. The number of hydrogen-bond donors (Lipinski definition) is 0. The van der Waals surface area contributed by atoms with Gasteiger partial charge < -0.3 is 4.74 Å². The van der Waals surface area contributed by atoms with E-state index in [2.05, 4.69) is 13.0 Å². The predicted molar refractivity (Wildman–Crippen MR) is 54.7 cm³/mol. The minimum absolute atomic E-state index is 0.250. The van der Waals surface area contributed by atoms with Gasteiger partial charge in [-0.1, -0.05) is 13.0 Å². The van der Waals surface area contributed by atoms with Gasteiger partial charge in [0.25, 0.3) is 0 Å². The van der Waals surface area contributed by atoms with Gasteiger partial charge in [-0.3, -0.25) is 4.79 Å². The highest BCUT2D eigenvalue weighted by molar-refractivity contribution is 5.89. The van der Waals surface area contributed by atoms with Crippen LogP contribution in [0.4, 0.5) is 0 Å². The summed E-state index contributed by atoms with van der Waals surface area (Å²) in [6.07, 6.45) is 8.61. The topological polar surface area (TPSA) is 26.3 Å². The molecule has 0 heterocycles. The molecule has 0 unspecified atom stereocenters. The Morgan fingerprint density at radius 3 is 2.93 bits per heavy atom. The Labute approximate surface area is 84.6 Å². The lowest BCUT2D eigenvalue weighted by Crippen LogP contribution is -2.30. The van der Waals surface area contributed by atoms with Gasteiger partial charge in [-0.15, -0.1) is 0 Å². The molecule has 2 atom stereocenters. The van der Waals surface area contributed by atoms with Crippen LogP contribution in [-0.2, 0) is 9.53 Å². The van der Waals surface area contributed by atoms with E-state index in [1.165, 1.54) is 0 Å². The molecule has 0 aromatic rings. The molecular weight excluding hydrogens is 176 g/mol. The summed E-state index contributed by atoms with van der Waals surface area (Å²) in [4.78, 5) is 11.9. The Morgan fingerprint density at radius 2 is 2.36 bits per heavy atom.